The van der Waals surface area contributed by atoms with Crippen LogP contribution < -0.4 is 0 Å². The van der Waals surface area contributed by atoms with E-state index in [4.69, 9.17) is 0 Å². The van der Waals surface area contributed by atoms with Crippen molar-refractivity contribution < 1.29 is 4.79 Å². The number of carbonyl (C=O) groups excluding carboxylic acids is 1. The van der Waals surface area contributed by atoms with E-state index in [0.717, 1.165) is 38.0 Å². The fourth-order valence-electron chi connectivity index (χ4n) is 3.20. The standard InChI is InChI=1S/C18H24N4O/c1-20(2)13-15-6-8-16(9-7-15)18(23)22-12-3-5-17(22)14-21-11-4-10-19-21/h4,6-11,17H,3,5,12-14H2,1-2H3/t17-/m1/s1. The van der Waals surface area contributed by atoms with E-state index in [0.29, 0.717) is 0 Å². The molecule has 1 aromatic carbocycles. The molecule has 0 radical (unpaired) electrons. The quantitative estimate of drug-likeness (QED) is 0.850. The number of aromatic nitrogens is 2. The highest BCUT2D eigenvalue weighted by Crippen LogP contribution is 2.21. The van der Waals surface area contributed by atoms with E-state index >= 15 is 0 Å². The number of hydrogen-bond acceptors (Lipinski definition) is 3. The van der Waals surface area contributed by atoms with Crippen LogP contribution in [0.5, 0.6) is 0 Å². The third-order valence-corrected chi connectivity index (χ3v) is 4.29. The lowest BCUT2D eigenvalue weighted by Gasteiger charge is -2.25. The number of nitrogens with zero attached hydrogens (tertiary/aromatic N) is 4. The second-order valence-corrected chi connectivity index (χ2v) is 6.46. The summed E-state index contributed by atoms with van der Waals surface area (Å²) in [5.74, 6) is 0.135. The third-order valence-electron chi connectivity index (χ3n) is 4.29. The molecule has 1 aromatic heterocycles. The van der Waals surface area contributed by atoms with E-state index in [1.54, 1.807) is 6.20 Å². The van der Waals surface area contributed by atoms with Crippen molar-refractivity contribution >= 4 is 5.91 Å². The predicted molar refractivity (Wildman–Crippen MR) is 90.1 cm³/mol. The monoisotopic (exact) mass is 312 g/mol. The Morgan fingerprint density at radius 3 is 2.74 bits per heavy atom. The summed E-state index contributed by atoms with van der Waals surface area (Å²) in [5.41, 5.74) is 2.00. The Morgan fingerprint density at radius 1 is 1.30 bits per heavy atom. The number of amides is 1. The molecule has 1 atom stereocenters. The van der Waals surface area contributed by atoms with Crippen molar-refractivity contribution in [3.63, 3.8) is 0 Å². The summed E-state index contributed by atoms with van der Waals surface area (Å²) in [6.07, 6.45) is 5.85. The van der Waals surface area contributed by atoms with E-state index in [2.05, 4.69) is 10.00 Å². The lowest BCUT2D eigenvalue weighted by Crippen LogP contribution is -2.38. The highest BCUT2D eigenvalue weighted by atomic mass is 16.2. The van der Waals surface area contributed by atoms with Crippen LogP contribution in [0.15, 0.2) is 42.7 Å². The molecule has 23 heavy (non-hydrogen) atoms. The smallest absolute Gasteiger partial charge is 0.254 e. The molecule has 1 aliphatic rings. The van der Waals surface area contributed by atoms with Crippen LogP contribution in [-0.4, -0.2) is 52.2 Å². The first kappa shape index (κ1) is 15.7. The average Bonchev–Trinajstić information content (AvgIpc) is 3.19. The predicted octanol–water partition coefficient (Wildman–Crippen LogP) is 2.25. The Kier molecular flexibility index (Phi) is 4.76. The summed E-state index contributed by atoms with van der Waals surface area (Å²) in [6, 6.07) is 10.2. The Morgan fingerprint density at radius 2 is 2.09 bits per heavy atom. The fourth-order valence-corrected chi connectivity index (χ4v) is 3.20. The van der Waals surface area contributed by atoms with Crippen LogP contribution in [0, 0.1) is 0 Å². The molecule has 1 aliphatic heterocycles. The minimum atomic E-state index is 0.135. The first-order chi connectivity index (χ1) is 11.1. The summed E-state index contributed by atoms with van der Waals surface area (Å²) in [5, 5.41) is 4.26. The van der Waals surface area contributed by atoms with Gasteiger partial charge in [0.1, 0.15) is 0 Å². The SMILES string of the molecule is CN(C)Cc1ccc(C(=O)N2CCC[C@@H]2Cn2cccn2)cc1. The average molecular weight is 312 g/mol. The molecular weight excluding hydrogens is 288 g/mol. The van der Waals surface area contributed by atoms with Gasteiger partial charge in [0.2, 0.25) is 0 Å². The highest BCUT2D eigenvalue weighted by molar-refractivity contribution is 5.94. The summed E-state index contributed by atoms with van der Waals surface area (Å²) in [7, 11) is 4.09. The molecule has 122 valence electrons. The first-order valence-corrected chi connectivity index (χ1v) is 8.15. The van der Waals surface area contributed by atoms with Gasteiger partial charge in [0, 0.05) is 31.0 Å². The molecule has 0 bridgehead atoms. The lowest BCUT2D eigenvalue weighted by atomic mass is 10.1. The Bertz CT molecular complexity index is 634. The van der Waals surface area contributed by atoms with E-state index in [-0.39, 0.29) is 11.9 Å². The van der Waals surface area contributed by atoms with Crippen LogP contribution in [0.4, 0.5) is 0 Å². The van der Waals surface area contributed by atoms with Crippen LogP contribution in [0.3, 0.4) is 0 Å². The Balaban J connectivity index is 1.68. The van der Waals surface area contributed by atoms with Crippen molar-refractivity contribution in [1.29, 1.82) is 0 Å². The molecule has 0 unspecified atom stereocenters. The van der Waals surface area contributed by atoms with Gasteiger partial charge in [-0.1, -0.05) is 12.1 Å². The molecule has 0 aliphatic carbocycles. The van der Waals surface area contributed by atoms with Gasteiger partial charge in [-0.05, 0) is 50.7 Å². The molecule has 2 heterocycles. The summed E-state index contributed by atoms with van der Waals surface area (Å²) in [6.45, 7) is 2.50. The Hall–Kier alpha value is -2.14. The van der Waals surface area contributed by atoms with Crippen LogP contribution in [0.25, 0.3) is 0 Å². The van der Waals surface area contributed by atoms with Crippen molar-refractivity contribution in [2.75, 3.05) is 20.6 Å². The maximum atomic E-state index is 12.8. The number of carbonyl (C=O) groups is 1. The normalized spacial score (nSPS) is 17.9. The van der Waals surface area contributed by atoms with Crippen molar-refractivity contribution in [3.05, 3.63) is 53.9 Å². The van der Waals surface area contributed by atoms with Crippen LogP contribution in [-0.2, 0) is 13.1 Å². The number of likely N-dealkylation sites (tertiary alicyclic amines) is 1. The molecule has 1 saturated heterocycles. The first-order valence-electron chi connectivity index (χ1n) is 8.15. The number of rotatable bonds is 5. The summed E-state index contributed by atoms with van der Waals surface area (Å²) in [4.78, 5) is 16.9. The van der Waals surface area contributed by atoms with Gasteiger partial charge in [-0.3, -0.25) is 9.48 Å². The second kappa shape index (κ2) is 6.96. The highest BCUT2D eigenvalue weighted by Gasteiger charge is 2.29. The number of hydrogen-bond donors (Lipinski definition) is 0. The maximum Gasteiger partial charge on any atom is 0.254 e. The van der Waals surface area contributed by atoms with Gasteiger partial charge in [0.05, 0.1) is 12.6 Å². The van der Waals surface area contributed by atoms with Gasteiger partial charge in [0.25, 0.3) is 5.91 Å². The maximum absolute atomic E-state index is 12.8. The lowest BCUT2D eigenvalue weighted by molar-refractivity contribution is 0.0721. The van der Waals surface area contributed by atoms with Gasteiger partial charge in [-0.25, -0.2) is 0 Å². The fraction of sp³-hybridized carbons (Fsp3) is 0.444. The van der Waals surface area contributed by atoms with Gasteiger partial charge in [-0.2, -0.15) is 5.10 Å². The molecule has 1 amide bonds. The molecule has 0 spiro atoms. The molecule has 0 saturated carbocycles. The van der Waals surface area contributed by atoms with Crippen LogP contribution in [0.2, 0.25) is 0 Å². The zero-order chi connectivity index (χ0) is 16.2. The minimum Gasteiger partial charge on any atom is -0.334 e. The van der Waals surface area contributed by atoms with E-state index in [1.165, 1.54) is 5.56 Å². The van der Waals surface area contributed by atoms with Gasteiger partial charge < -0.3 is 9.80 Å². The van der Waals surface area contributed by atoms with E-state index < -0.39 is 0 Å². The molecule has 1 fully saturated rings. The van der Waals surface area contributed by atoms with Gasteiger partial charge in [-0.15, -0.1) is 0 Å². The minimum absolute atomic E-state index is 0.135. The topological polar surface area (TPSA) is 41.4 Å². The molecule has 0 N–H and O–H groups in total. The molecule has 5 heteroatoms. The largest absolute Gasteiger partial charge is 0.334 e. The second-order valence-electron chi connectivity index (χ2n) is 6.46. The molecule has 5 nitrogen and oxygen atoms in total. The molecule has 2 aromatic rings. The van der Waals surface area contributed by atoms with Crippen molar-refractivity contribution in [1.82, 2.24) is 19.6 Å². The van der Waals surface area contributed by atoms with Gasteiger partial charge >= 0.3 is 0 Å². The van der Waals surface area contributed by atoms with Crippen LogP contribution in [0.1, 0.15) is 28.8 Å². The third kappa shape index (κ3) is 3.79. The van der Waals surface area contributed by atoms with Crippen molar-refractivity contribution in [3.8, 4) is 0 Å². The Labute approximate surface area is 137 Å². The zero-order valence-corrected chi connectivity index (χ0v) is 13.9. The van der Waals surface area contributed by atoms with E-state index in [9.17, 15) is 4.79 Å². The van der Waals surface area contributed by atoms with Crippen LogP contribution >= 0.6 is 0 Å². The van der Waals surface area contributed by atoms with Crippen molar-refractivity contribution in [2.24, 2.45) is 0 Å². The number of benzene rings is 1. The molecular formula is C18H24N4O. The van der Waals surface area contributed by atoms with Gasteiger partial charge in [0.15, 0.2) is 0 Å². The van der Waals surface area contributed by atoms with E-state index in [1.807, 2.05) is 60.2 Å². The zero-order valence-electron chi connectivity index (χ0n) is 13.9. The summed E-state index contributed by atoms with van der Waals surface area (Å²) >= 11 is 0. The summed E-state index contributed by atoms with van der Waals surface area (Å²) < 4.78 is 1.91. The molecule has 3 rings (SSSR count). The van der Waals surface area contributed by atoms with Crippen molar-refractivity contribution in [2.45, 2.75) is 32.0 Å².